The topological polar surface area (TPSA) is 42.0 Å². The molecule has 2 aromatic rings. The first kappa shape index (κ1) is 10.3. The van der Waals surface area contributed by atoms with Crippen molar-refractivity contribution in [3.05, 3.63) is 33.0 Å². The minimum Gasteiger partial charge on any atom is -0.298 e. The molecule has 0 saturated heterocycles. The lowest BCUT2D eigenvalue weighted by Gasteiger charge is -1.99. The third kappa shape index (κ3) is 2.24. The smallest absolute Gasteiger partial charge is 0.258 e. The minimum absolute atomic E-state index is 0.0770. The average molecular weight is 238 g/mol. The number of aromatic nitrogens is 1. The van der Waals surface area contributed by atoms with Gasteiger partial charge in [-0.15, -0.1) is 22.7 Å². The fraction of sp³-hybridized carbons (Fsp3) is 0.200. The Morgan fingerprint density at radius 1 is 1.47 bits per heavy atom. The first-order chi connectivity index (χ1) is 7.16. The van der Waals surface area contributed by atoms with Crippen LogP contribution in [0.1, 0.15) is 20.1 Å². The van der Waals surface area contributed by atoms with Gasteiger partial charge in [-0.3, -0.25) is 10.1 Å². The number of amides is 1. The van der Waals surface area contributed by atoms with Crippen LogP contribution in [0.5, 0.6) is 0 Å². The van der Waals surface area contributed by atoms with Gasteiger partial charge in [0.05, 0.1) is 5.56 Å². The van der Waals surface area contributed by atoms with Crippen molar-refractivity contribution >= 4 is 33.7 Å². The maximum atomic E-state index is 11.8. The van der Waals surface area contributed by atoms with E-state index in [2.05, 4.69) is 10.3 Å². The van der Waals surface area contributed by atoms with Gasteiger partial charge in [0.1, 0.15) is 0 Å². The highest BCUT2D eigenvalue weighted by atomic mass is 32.1. The lowest BCUT2D eigenvalue weighted by atomic mass is 10.2. The van der Waals surface area contributed by atoms with Crippen LogP contribution < -0.4 is 5.32 Å². The predicted octanol–water partition coefficient (Wildman–Crippen LogP) is 3.07. The molecule has 78 valence electrons. The third-order valence-electron chi connectivity index (χ3n) is 1.94. The zero-order valence-electron chi connectivity index (χ0n) is 8.40. The van der Waals surface area contributed by atoms with Crippen molar-refractivity contribution in [3.63, 3.8) is 0 Å². The molecule has 0 aliphatic heterocycles. The summed E-state index contributed by atoms with van der Waals surface area (Å²) in [6.45, 7) is 3.95. The molecule has 1 amide bonds. The zero-order chi connectivity index (χ0) is 10.8. The van der Waals surface area contributed by atoms with Crippen molar-refractivity contribution in [1.29, 1.82) is 0 Å². The van der Waals surface area contributed by atoms with Crippen molar-refractivity contribution in [3.8, 4) is 0 Å². The van der Waals surface area contributed by atoms with Gasteiger partial charge in [-0.05, 0) is 19.9 Å². The van der Waals surface area contributed by atoms with Crippen LogP contribution in [0.2, 0.25) is 0 Å². The molecule has 0 saturated carbocycles. The molecule has 0 atom stereocenters. The zero-order valence-corrected chi connectivity index (χ0v) is 10.0. The Morgan fingerprint density at radius 2 is 2.27 bits per heavy atom. The summed E-state index contributed by atoms with van der Waals surface area (Å²) in [7, 11) is 0. The Hall–Kier alpha value is -1.20. The number of nitrogens with zero attached hydrogens (tertiary/aromatic N) is 1. The van der Waals surface area contributed by atoms with E-state index in [1.165, 1.54) is 11.3 Å². The Balaban J connectivity index is 2.18. The monoisotopic (exact) mass is 238 g/mol. The molecule has 3 nitrogen and oxygen atoms in total. The van der Waals surface area contributed by atoms with Crippen LogP contribution in [0.4, 0.5) is 5.13 Å². The molecule has 1 N–H and O–H groups in total. The van der Waals surface area contributed by atoms with Crippen LogP contribution in [-0.4, -0.2) is 10.9 Å². The van der Waals surface area contributed by atoms with Crippen molar-refractivity contribution < 1.29 is 4.79 Å². The van der Waals surface area contributed by atoms with E-state index in [-0.39, 0.29) is 5.91 Å². The van der Waals surface area contributed by atoms with Gasteiger partial charge >= 0.3 is 0 Å². The summed E-state index contributed by atoms with van der Waals surface area (Å²) in [6, 6.07) is 1.91. The van der Waals surface area contributed by atoms with E-state index in [1.807, 2.05) is 25.3 Å². The molecule has 5 heteroatoms. The Labute approximate surface area is 95.8 Å². The molecule has 0 aliphatic rings. The number of aryl methyl sites for hydroxylation is 2. The number of rotatable bonds is 2. The standard InChI is InChI=1S/C10H10N2OS2/c1-6-5-8(7(2)15-6)9(13)12-10-11-3-4-14-10/h3-5H,1-2H3,(H,11,12,13). The van der Waals surface area contributed by atoms with Gasteiger partial charge in [-0.2, -0.15) is 0 Å². The molecule has 2 aromatic heterocycles. The molecular weight excluding hydrogens is 228 g/mol. The first-order valence-electron chi connectivity index (χ1n) is 4.44. The molecule has 0 aromatic carbocycles. The van der Waals surface area contributed by atoms with Gasteiger partial charge in [0.15, 0.2) is 5.13 Å². The van der Waals surface area contributed by atoms with Gasteiger partial charge in [0, 0.05) is 21.3 Å². The molecule has 0 unspecified atom stereocenters. The number of hydrogen-bond acceptors (Lipinski definition) is 4. The number of nitrogens with one attached hydrogen (secondary N) is 1. The van der Waals surface area contributed by atoms with Gasteiger partial charge in [-0.25, -0.2) is 4.98 Å². The average Bonchev–Trinajstić information content (AvgIpc) is 2.75. The SMILES string of the molecule is Cc1cc(C(=O)Nc2nccs2)c(C)s1. The molecule has 15 heavy (non-hydrogen) atoms. The van der Waals surface area contributed by atoms with E-state index in [1.54, 1.807) is 17.5 Å². The molecule has 0 fully saturated rings. The second-order valence-corrected chi connectivity index (χ2v) is 5.47. The molecule has 0 aliphatic carbocycles. The lowest BCUT2D eigenvalue weighted by molar-refractivity contribution is 0.102. The molecule has 0 bridgehead atoms. The number of anilines is 1. The van der Waals surface area contributed by atoms with Crippen LogP contribution >= 0.6 is 22.7 Å². The van der Waals surface area contributed by atoms with Crippen LogP contribution in [0.3, 0.4) is 0 Å². The van der Waals surface area contributed by atoms with Gasteiger partial charge in [0.25, 0.3) is 5.91 Å². The van der Waals surface area contributed by atoms with Crippen LogP contribution in [0, 0.1) is 13.8 Å². The summed E-state index contributed by atoms with van der Waals surface area (Å²) in [5, 5.41) is 5.24. The Morgan fingerprint density at radius 3 is 2.80 bits per heavy atom. The van der Waals surface area contributed by atoms with Gasteiger partial charge in [-0.1, -0.05) is 0 Å². The molecule has 2 rings (SSSR count). The molecule has 0 spiro atoms. The maximum Gasteiger partial charge on any atom is 0.258 e. The van der Waals surface area contributed by atoms with Crippen molar-refractivity contribution in [2.24, 2.45) is 0 Å². The maximum absolute atomic E-state index is 11.8. The minimum atomic E-state index is -0.0770. The predicted molar refractivity (Wildman–Crippen MR) is 63.9 cm³/mol. The fourth-order valence-corrected chi connectivity index (χ4v) is 2.75. The molecule has 0 radical (unpaired) electrons. The van der Waals surface area contributed by atoms with E-state index in [0.29, 0.717) is 5.13 Å². The van der Waals surface area contributed by atoms with Crippen LogP contribution in [0.25, 0.3) is 0 Å². The number of hydrogen-bond donors (Lipinski definition) is 1. The largest absolute Gasteiger partial charge is 0.298 e. The quantitative estimate of drug-likeness (QED) is 0.873. The lowest BCUT2D eigenvalue weighted by Crippen LogP contribution is -2.11. The van der Waals surface area contributed by atoms with E-state index in [0.717, 1.165) is 15.3 Å². The van der Waals surface area contributed by atoms with Crippen molar-refractivity contribution in [2.75, 3.05) is 5.32 Å². The van der Waals surface area contributed by atoms with E-state index in [9.17, 15) is 4.79 Å². The van der Waals surface area contributed by atoms with E-state index < -0.39 is 0 Å². The van der Waals surface area contributed by atoms with E-state index >= 15 is 0 Å². The summed E-state index contributed by atoms with van der Waals surface area (Å²) in [4.78, 5) is 18.0. The van der Waals surface area contributed by atoms with Gasteiger partial charge < -0.3 is 0 Å². The van der Waals surface area contributed by atoms with Crippen molar-refractivity contribution in [2.45, 2.75) is 13.8 Å². The number of carbonyl (C=O) groups is 1. The highest BCUT2D eigenvalue weighted by Crippen LogP contribution is 2.22. The summed E-state index contributed by atoms with van der Waals surface area (Å²) in [6.07, 6.45) is 1.67. The Bertz CT molecular complexity index is 474. The second-order valence-electron chi connectivity index (χ2n) is 3.12. The number of carbonyl (C=O) groups excluding carboxylic acids is 1. The second kappa shape index (κ2) is 4.12. The third-order valence-corrected chi connectivity index (χ3v) is 3.59. The first-order valence-corrected chi connectivity index (χ1v) is 6.14. The summed E-state index contributed by atoms with van der Waals surface area (Å²) in [5.74, 6) is -0.0770. The van der Waals surface area contributed by atoms with Gasteiger partial charge in [0.2, 0.25) is 0 Å². The summed E-state index contributed by atoms with van der Waals surface area (Å²) in [5.41, 5.74) is 0.743. The van der Waals surface area contributed by atoms with E-state index in [4.69, 9.17) is 0 Å². The van der Waals surface area contributed by atoms with Crippen LogP contribution in [0.15, 0.2) is 17.6 Å². The van der Waals surface area contributed by atoms with Crippen LogP contribution in [-0.2, 0) is 0 Å². The number of thiazole rings is 1. The number of thiophene rings is 1. The molecular formula is C10H10N2OS2. The summed E-state index contributed by atoms with van der Waals surface area (Å²) >= 11 is 3.05. The summed E-state index contributed by atoms with van der Waals surface area (Å²) < 4.78 is 0. The molecule has 2 heterocycles. The highest BCUT2D eigenvalue weighted by Gasteiger charge is 2.12. The Kier molecular flexibility index (Phi) is 2.83. The fourth-order valence-electron chi connectivity index (χ4n) is 1.31. The van der Waals surface area contributed by atoms with Crippen molar-refractivity contribution in [1.82, 2.24) is 4.98 Å². The highest BCUT2D eigenvalue weighted by molar-refractivity contribution is 7.14. The normalized spacial score (nSPS) is 10.3.